The van der Waals surface area contributed by atoms with Gasteiger partial charge in [-0.15, -0.1) is 0 Å². The van der Waals surface area contributed by atoms with Gasteiger partial charge >= 0.3 is 0 Å². The van der Waals surface area contributed by atoms with Crippen molar-refractivity contribution >= 4 is 47.8 Å². The smallest absolute Gasteiger partial charge is 0.265 e. The monoisotopic (exact) mass is 438 g/mol. The Balaban J connectivity index is 2.55. The SMILES string of the molecule is CCCc1nc(-c2cc(Br)c(Br)o2)[nH]c(=O)c1Br. The van der Waals surface area contributed by atoms with Gasteiger partial charge in [0.05, 0.1) is 10.2 Å². The van der Waals surface area contributed by atoms with Crippen molar-refractivity contribution in [3.63, 3.8) is 0 Å². The van der Waals surface area contributed by atoms with Crippen LogP contribution >= 0.6 is 47.8 Å². The van der Waals surface area contributed by atoms with Gasteiger partial charge in [0.15, 0.2) is 16.3 Å². The first-order chi connectivity index (χ1) is 8.52. The van der Waals surface area contributed by atoms with E-state index in [1.807, 2.05) is 6.92 Å². The summed E-state index contributed by atoms with van der Waals surface area (Å²) in [5.74, 6) is 0.939. The molecule has 0 saturated heterocycles. The lowest BCUT2D eigenvalue weighted by Gasteiger charge is -2.03. The van der Waals surface area contributed by atoms with Crippen molar-refractivity contribution in [1.29, 1.82) is 0 Å². The summed E-state index contributed by atoms with van der Waals surface area (Å²) in [6, 6.07) is 1.76. The predicted octanol–water partition coefficient (Wildman–Crippen LogP) is 4.27. The Labute approximate surface area is 129 Å². The summed E-state index contributed by atoms with van der Waals surface area (Å²) < 4.78 is 7.28. The van der Waals surface area contributed by atoms with E-state index in [4.69, 9.17) is 4.42 Å². The molecule has 0 amide bonds. The van der Waals surface area contributed by atoms with E-state index in [2.05, 4.69) is 57.8 Å². The molecule has 0 aliphatic heterocycles. The zero-order valence-electron chi connectivity index (χ0n) is 9.39. The fourth-order valence-corrected chi connectivity index (χ4v) is 2.45. The minimum Gasteiger partial charge on any atom is -0.445 e. The first-order valence-electron chi connectivity index (χ1n) is 5.26. The average molecular weight is 441 g/mol. The Hall–Kier alpha value is -0.400. The molecule has 1 N–H and O–H groups in total. The standard InChI is InChI=1S/C11H9Br3N2O2/c1-2-3-6-8(13)11(17)16-10(15-6)7-4-5(12)9(14)18-7/h4H,2-3H2,1H3,(H,15,16,17). The number of rotatable bonds is 3. The number of H-pyrrole nitrogens is 1. The van der Waals surface area contributed by atoms with Crippen LogP contribution in [0.1, 0.15) is 19.0 Å². The van der Waals surface area contributed by atoms with Crippen LogP contribution in [0.2, 0.25) is 0 Å². The minimum absolute atomic E-state index is 0.202. The molecule has 2 heterocycles. The number of hydrogen-bond donors (Lipinski definition) is 1. The third-order valence-electron chi connectivity index (χ3n) is 2.30. The molecule has 0 fully saturated rings. The molecule has 0 aliphatic rings. The molecule has 2 aromatic heterocycles. The van der Waals surface area contributed by atoms with Crippen LogP contribution in [0.25, 0.3) is 11.6 Å². The number of aromatic nitrogens is 2. The molecule has 0 aliphatic carbocycles. The predicted molar refractivity (Wildman–Crippen MR) is 79.7 cm³/mol. The van der Waals surface area contributed by atoms with Crippen molar-refractivity contribution in [3.8, 4) is 11.6 Å². The second kappa shape index (κ2) is 5.71. The molecule has 4 nitrogen and oxygen atoms in total. The number of aryl methyl sites for hydroxylation is 1. The largest absolute Gasteiger partial charge is 0.445 e. The maximum atomic E-state index is 11.8. The van der Waals surface area contributed by atoms with E-state index in [0.29, 0.717) is 20.7 Å². The summed E-state index contributed by atoms with van der Waals surface area (Å²) in [4.78, 5) is 18.9. The summed E-state index contributed by atoms with van der Waals surface area (Å²) in [6.45, 7) is 2.04. The highest BCUT2D eigenvalue weighted by atomic mass is 79.9. The normalized spacial score (nSPS) is 10.9. The van der Waals surface area contributed by atoms with Gasteiger partial charge in [-0.05, 0) is 54.2 Å². The van der Waals surface area contributed by atoms with Crippen molar-refractivity contribution in [3.05, 3.63) is 35.7 Å². The number of nitrogens with zero attached hydrogens (tertiary/aromatic N) is 1. The first kappa shape index (κ1) is 14.0. The molecule has 0 bridgehead atoms. The Morgan fingerprint density at radius 1 is 1.39 bits per heavy atom. The molecule has 18 heavy (non-hydrogen) atoms. The molecular formula is C11H9Br3N2O2. The van der Waals surface area contributed by atoms with Crippen LogP contribution in [0, 0.1) is 0 Å². The summed E-state index contributed by atoms with van der Waals surface area (Å²) in [6.07, 6.45) is 1.65. The second-order valence-electron chi connectivity index (χ2n) is 3.66. The van der Waals surface area contributed by atoms with Gasteiger partial charge in [0, 0.05) is 6.07 Å². The van der Waals surface area contributed by atoms with Crippen LogP contribution in [0.5, 0.6) is 0 Å². The van der Waals surface area contributed by atoms with Gasteiger partial charge in [0.1, 0.15) is 4.47 Å². The van der Waals surface area contributed by atoms with Crippen molar-refractivity contribution < 1.29 is 4.42 Å². The fourth-order valence-electron chi connectivity index (χ4n) is 1.49. The van der Waals surface area contributed by atoms with Gasteiger partial charge in [-0.25, -0.2) is 4.98 Å². The molecule has 0 unspecified atom stereocenters. The number of halogens is 3. The zero-order valence-corrected chi connectivity index (χ0v) is 14.1. The molecule has 2 rings (SSSR count). The van der Waals surface area contributed by atoms with Gasteiger partial charge in [0.2, 0.25) is 0 Å². The summed E-state index contributed by atoms with van der Waals surface area (Å²) >= 11 is 9.83. The molecule has 0 radical (unpaired) electrons. The summed E-state index contributed by atoms with van der Waals surface area (Å²) in [5, 5.41) is 0. The van der Waals surface area contributed by atoms with Crippen LogP contribution in [-0.2, 0) is 6.42 Å². The quantitative estimate of drug-likeness (QED) is 0.775. The summed E-state index contributed by atoms with van der Waals surface area (Å²) in [7, 11) is 0. The fraction of sp³-hybridized carbons (Fsp3) is 0.273. The van der Waals surface area contributed by atoms with E-state index in [1.54, 1.807) is 6.07 Å². The van der Waals surface area contributed by atoms with Gasteiger partial charge < -0.3 is 9.40 Å². The molecular weight excluding hydrogens is 432 g/mol. The molecule has 0 spiro atoms. The van der Waals surface area contributed by atoms with Crippen LogP contribution in [0.3, 0.4) is 0 Å². The van der Waals surface area contributed by atoms with E-state index >= 15 is 0 Å². The minimum atomic E-state index is -0.202. The second-order valence-corrected chi connectivity index (χ2v) is 6.03. The van der Waals surface area contributed by atoms with E-state index in [0.717, 1.165) is 23.0 Å². The number of nitrogens with one attached hydrogen (secondary N) is 1. The highest BCUT2D eigenvalue weighted by Gasteiger charge is 2.14. The lowest BCUT2D eigenvalue weighted by atomic mass is 10.2. The Morgan fingerprint density at radius 3 is 2.67 bits per heavy atom. The zero-order chi connectivity index (χ0) is 13.3. The van der Waals surface area contributed by atoms with Crippen LogP contribution in [-0.4, -0.2) is 9.97 Å². The topological polar surface area (TPSA) is 58.9 Å². The number of aromatic amines is 1. The van der Waals surface area contributed by atoms with E-state index < -0.39 is 0 Å². The van der Waals surface area contributed by atoms with Crippen molar-refractivity contribution in [2.45, 2.75) is 19.8 Å². The molecule has 2 aromatic rings. The summed E-state index contributed by atoms with van der Waals surface area (Å²) in [5.41, 5.74) is 0.534. The van der Waals surface area contributed by atoms with E-state index in [1.165, 1.54) is 0 Å². The highest BCUT2D eigenvalue weighted by molar-refractivity contribution is 9.13. The van der Waals surface area contributed by atoms with Gasteiger partial charge in [-0.2, -0.15) is 0 Å². The Morgan fingerprint density at radius 2 is 2.11 bits per heavy atom. The molecule has 0 saturated carbocycles. The average Bonchev–Trinajstić information content (AvgIpc) is 2.65. The first-order valence-corrected chi connectivity index (χ1v) is 7.64. The van der Waals surface area contributed by atoms with Gasteiger partial charge in [0.25, 0.3) is 5.56 Å². The third kappa shape index (κ3) is 2.78. The molecule has 7 heteroatoms. The van der Waals surface area contributed by atoms with Crippen molar-refractivity contribution in [2.75, 3.05) is 0 Å². The molecule has 0 atom stereocenters. The molecule has 0 aromatic carbocycles. The molecule has 96 valence electrons. The maximum absolute atomic E-state index is 11.8. The lowest BCUT2D eigenvalue weighted by molar-refractivity contribution is 0.548. The van der Waals surface area contributed by atoms with Crippen molar-refractivity contribution in [2.24, 2.45) is 0 Å². The van der Waals surface area contributed by atoms with Crippen LogP contribution in [0.4, 0.5) is 0 Å². The van der Waals surface area contributed by atoms with Crippen LogP contribution in [0.15, 0.2) is 28.9 Å². The van der Waals surface area contributed by atoms with E-state index in [9.17, 15) is 4.79 Å². The Bertz CT molecular complexity index is 614. The van der Waals surface area contributed by atoms with Gasteiger partial charge in [-0.3, -0.25) is 4.79 Å². The number of furan rings is 1. The lowest BCUT2D eigenvalue weighted by Crippen LogP contribution is -2.13. The maximum Gasteiger partial charge on any atom is 0.265 e. The number of hydrogen-bond acceptors (Lipinski definition) is 3. The highest BCUT2D eigenvalue weighted by Crippen LogP contribution is 2.31. The van der Waals surface area contributed by atoms with Gasteiger partial charge in [-0.1, -0.05) is 13.3 Å². The van der Waals surface area contributed by atoms with Crippen LogP contribution < -0.4 is 5.56 Å². The van der Waals surface area contributed by atoms with Crippen molar-refractivity contribution in [1.82, 2.24) is 9.97 Å². The third-order valence-corrected chi connectivity index (χ3v) is 4.82. The van der Waals surface area contributed by atoms with E-state index in [-0.39, 0.29) is 5.56 Å². The Kier molecular flexibility index (Phi) is 4.45.